The summed E-state index contributed by atoms with van der Waals surface area (Å²) < 4.78 is 0. The van der Waals surface area contributed by atoms with E-state index in [0.29, 0.717) is 6.54 Å². The number of nitrogens with one attached hydrogen (secondary N) is 1. The van der Waals surface area contributed by atoms with Crippen molar-refractivity contribution in [1.82, 2.24) is 5.32 Å². The second kappa shape index (κ2) is 15.3. The molecule has 1 N–H and O–H groups in total. The van der Waals surface area contributed by atoms with Crippen LogP contribution < -0.4 is 5.32 Å². The third-order valence-electron chi connectivity index (χ3n) is 12.6. The maximum Gasteiger partial charge on any atom is 0.226 e. The molecule has 0 saturated heterocycles. The van der Waals surface area contributed by atoms with Crippen LogP contribution in [0.3, 0.4) is 0 Å². The number of rotatable bonds is 2. The zero-order chi connectivity index (χ0) is 36.1. The molecule has 3 fully saturated rings. The quantitative estimate of drug-likeness (QED) is 0.326. The molecule has 5 rings (SSSR count). The Morgan fingerprint density at radius 1 is 0.870 bits per heavy atom. The summed E-state index contributed by atoms with van der Waals surface area (Å²) in [7, 11) is 0. The topological polar surface area (TPSA) is 87.0 Å². The van der Waals surface area contributed by atoms with E-state index in [1.165, 1.54) is 0 Å². The monoisotopic (exact) mass is 639 g/mol. The molecule has 0 spiro atoms. The van der Waals surface area contributed by atoms with Crippen LogP contribution in [0.4, 0.5) is 0 Å². The van der Waals surface area contributed by atoms with Gasteiger partial charge in [-0.3, -0.25) is 14.4 Å². The lowest BCUT2D eigenvalue weighted by Crippen LogP contribution is -2.66. The Kier molecular flexibility index (Phi) is 13.9. The van der Waals surface area contributed by atoms with E-state index >= 15 is 0 Å². The van der Waals surface area contributed by atoms with E-state index in [4.69, 9.17) is 0 Å². The van der Waals surface area contributed by atoms with Gasteiger partial charge >= 0.3 is 0 Å². The van der Waals surface area contributed by atoms with Gasteiger partial charge in [-0.2, -0.15) is 5.26 Å². The fraction of sp³-hybridized carbons (Fsp3) is 0.805. The average Bonchev–Trinajstić information content (AvgIpc) is 3.04. The summed E-state index contributed by atoms with van der Waals surface area (Å²) in [6, 6.07) is 2.18. The molecule has 0 bridgehead atoms. The van der Waals surface area contributed by atoms with Crippen molar-refractivity contribution in [2.24, 2.45) is 50.2 Å². The molecule has 5 aliphatic carbocycles. The number of Topliss-reactive ketones (excluding diaryl/α,β-unsaturated/α-hetero) is 1. The van der Waals surface area contributed by atoms with Crippen molar-refractivity contribution in [2.75, 3.05) is 6.54 Å². The highest BCUT2D eigenvalue weighted by atomic mass is 16.2. The molecule has 5 aliphatic rings. The Bertz CT molecular complexity index is 1220. The molecule has 46 heavy (non-hydrogen) atoms. The summed E-state index contributed by atoms with van der Waals surface area (Å²) in [5.74, 6) is 0.0635. The molecule has 0 aliphatic heterocycles. The number of fused-ring (bicyclic) bond motifs is 7. The van der Waals surface area contributed by atoms with Gasteiger partial charge in [0.05, 0.1) is 11.0 Å². The molecule has 0 aromatic heterocycles. The molecule has 3 unspecified atom stereocenters. The van der Waals surface area contributed by atoms with Crippen LogP contribution in [0.5, 0.6) is 0 Å². The number of nitriles is 1. The molecule has 0 heterocycles. The van der Waals surface area contributed by atoms with Crippen LogP contribution in [0.25, 0.3) is 0 Å². The summed E-state index contributed by atoms with van der Waals surface area (Å²) in [5.41, 5.74) is -0.788. The van der Waals surface area contributed by atoms with E-state index in [-0.39, 0.29) is 57.0 Å². The fourth-order valence-electron chi connectivity index (χ4n) is 10.4. The Morgan fingerprint density at radius 3 is 1.93 bits per heavy atom. The maximum atomic E-state index is 14.5. The van der Waals surface area contributed by atoms with Gasteiger partial charge in [0.15, 0.2) is 11.6 Å². The van der Waals surface area contributed by atoms with Crippen LogP contribution in [0.1, 0.15) is 156 Å². The maximum absolute atomic E-state index is 14.5. The van der Waals surface area contributed by atoms with Crippen molar-refractivity contribution in [3.8, 4) is 6.07 Å². The number of hydrogen-bond acceptors (Lipinski definition) is 4. The highest BCUT2D eigenvalue weighted by Gasteiger charge is 2.70. The summed E-state index contributed by atoms with van der Waals surface area (Å²) in [4.78, 5) is 41.4. The van der Waals surface area contributed by atoms with E-state index in [9.17, 15) is 19.6 Å². The molecule has 5 nitrogen and oxygen atoms in total. The van der Waals surface area contributed by atoms with Gasteiger partial charge in [0.2, 0.25) is 5.91 Å². The standard InChI is InChI=1S/C33H46N2O3.4C2H6/c1-9-35-27(38)33-14-12-28(2,3)18-21(33)25-22(36)16-24-30(6)17-20(19-34)26(37)29(4,5)23(30)10-11-31(24,7)32(25,8)13-15-33;4*1-2/h16-17,21,23,25H,9-15,18H2,1-8H3,(H,35,38);4*1-2H3/t21?,23?,25?,30-,31+,32+,33-;;;;/m0..../s1. The Morgan fingerprint density at radius 2 is 1.41 bits per heavy atom. The van der Waals surface area contributed by atoms with Crippen molar-refractivity contribution in [3.05, 3.63) is 23.3 Å². The third-order valence-corrected chi connectivity index (χ3v) is 12.6. The van der Waals surface area contributed by atoms with Crippen LogP contribution in [-0.4, -0.2) is 24.0 Å². The number of nitrogens with zero attached hydrogens (tertiary/aromatic N) is 1. The zero-order valence-corrected chi connectivity index (χ0v) is 32.7. The second-order valence-electron chi connectivity index (χ2n) is 15.3. The Balaban J connectivity index is 0.00000123. The molecule has 0 aromatic carbocycles. The molecule has 1 amide bonds. The second-order valence-corrected chi connectivity index (χ2v) is 15.3. The van der Waals surface area contributed by atoms with E-state index in [0.717, 1.165) is 50.5 Å². The first-order valence-electron chi connectivity index (χ1n) is 18.8. The van der Waals surface area contributed by atoms with Gasteiger partial charge in [0, 0.05) is 23.3 Å². The molecule has 0 radical (unpaired) electrons. The fourth-order valence-corrected chi connectivity index (χ4v) is 10.4. The molecule has 0 aromatic rings. The number of allylic oxidation sites excluding steroid dienone is 4. The number of ketones is 2. The van der Waals surface area contributed by atoms with Gasteiger partial charge in [0.25, 0.3) is 0 Å². The Labute approximate surface area is 283 Å². The number of carbonyl (C=O) groups is 3. The minimum atomic E-state index is -0.662. The highest BCUT2D eigenvalue weighted by Crippen LogP contribution is 2.74. The largest absolute Gasteiger partial charge is 0.356 e. The number of hydrogen-bond donors (Lipinski definition) is 1. The summed E-state index contributed by atoms with van der Waals surface area (Å²) in [6.07, 6.45) is 9.99. The first kappa shape index (κ1) is 41.8. The number of carbonyl (C=O) groups excluding carboxylic acids is 3. The molecular weight excluding hydrogens is 568 g/mol. The average molecular weight is 639 g/mol. The van der Waals surface area contributed by atoms with Crippen molar-refractivity contribution < 1.29 is 14.4 Å². The summed E-state index contributed by atoms with van der Waals surface area (Å²) in [6.45, 7) is 33.9. The van der Waals surface area contributed by atoms with Crippen LogP contribution in [0.2, 0.25) is 0 Å². The molecule has 3 saturated carbocycles. The van der Waals surface area contributed by atoms with E-state index in [1.807, 2.05) is 88.3 Å². The van der Waals surface area contributed by atoms with Crippen molar-refractivity contribution in [3.63, 3.8) is 0 Å². The summed E-state index contributed by atoms with van der Waals surface area (Å²) >= 11 is 0. The van der Waals surface area contributed by atoms with Gasteiger partial charge in [-0.05, 0) is 86.0 Å². The van der Waals surface area contributed by atoms with Crippen molar-refractivity contribution in [2.45, 2.75) is 156 Å². The molecule has 262 valence electrons. The van der Waals surface area contributed by atoms with Crippen molar-refractivity contribution >= 4 is 17.5 Å². The first-order valence-corrected chi connectivity index (χ1v) is 18.8. The number of amides is 1. The van der Waals surface area contributed by atoms with E-state index in [2.05, 4.69) is 46.0 Å². The lowest BCUT2D eigenvalue weighted by Gasteiger charge is -2.69. The molecular formula is C41H70N2O3. The lowest BCUT2D eigenvalue weighted by atomic mass is 9.34. The van der Waals surface area contributed by atoms with Crippen LogP contribution >= 0.6 is 0 Å². The van der Waals surface area contributed by atoms with E-state index < -0.39 is 16.2 Å². The third kappa shape index (κ3) is 6.21. The SMILES string of the molecule is CC.CC.CC.CC.CCNC(=O)[C@]12CCC(C)(C)CC1C1C(=O)C=C3[C@@]4(C)C=C(C#N)C(=O)C(C)(C)C4CC[C@@]3(C)[C@]1(C)CC2. The van der Waals surface area contributed by atoms with Gasteiger partial charge in [0.1, 0.15) is 6.07 Å². The predicted octanol–water partition coefficient (Wildman–Crippen LogP) is 10.4. The molecule has 7 atom stereocenters. The normalized spacial score (nSPS) is 37.5. The highest BCUT2D eigenvalue weighted by molar-refractivity contribution is 6.04. The van der Waals surface area contributed by atoms with E-state index in [1.54, 1.807) is 0 Å². The molecule has 5 heteroatoms. The van der Waals surface area contributed by atoms with Crippen LogP contribution in [-0.2, 0) is 14.4 Å². The predicted molar refractivity (Wildman–Crippen MR) is 193 cm³/mol. The van der Waals surface area contributed by atoms with Gasteiger partial charge in [-0.25, -0.2) is 0 Å². The minimum Gasteiger partial charge on any atom is -0.356 e. The van der Waals surface area contributed by atoms with Crippen molar-refractivity contribution in [1.29, 1.82) is 5.26 Å². The van der Waals surface area contributed by atoms with Gasteiger partial charge < -0.3 is 5.32 Å². The van der Waals surface area contributed by atoms with Gasteiger partial charge in [-0.15, -0.1) is 0 Å². The lowest BCUT2D eigenvalue weighted by molar-refractivity contribution is -0.178. The summed E-state index contributed by atoms with van der Waals surface area (Å²) in [5, 5.41) is 13.0. The minimum absolute atomic E-state index is 0.0128. The smallest absolute Gasteiger partial charge is 0.226 e. The van der Waals surface area contributed by atoms with Crippen LogP contribution in [0.15, 0.2) is 23.3 Å². The zero-order valence-electron chi connectivity index (χ0n) is 32.7. The Hall–Kier alpha value is -2.22. The first-order chi connectivity index (χ1) is 21.5. The van der Waals surface area contributed by atoms with Gasteiger partial charge in [-0.1, -0.05) is 116 Å². The van der Waals surface area contributed by atoms with Crippen LogP contribution in [0, 0.1) is 61.6 Å².